The molecule has 10 heteroatoms. The van der Waals surface area contributed by atoms with E-state index in [1.807, 2.05) is 42.0 Å². The molecular formula is C25H23N3O6S. The molecule has 2 amide bonds. The van der Waals surface area contributed by atoms with E-state index in [0.29, 0.717) is 13.0 Å². The SMILES string of the molecule is CC[C@H](C)OC(=O)CN1C(=O)S/C(=C\c2cn(Cc3ccc([N+](=O)[O-])cc3)c3ccccc23)C1=O. The Hall–Kier alpha value is -3.92. The number of para-hydroxylation sites is 1. The molecule has 1 fully saturated rings. The molecule has 1 atom stereocenters. The van der Waals surface area contributed by atoms with Crippen molar-refractivity contribution in [2.45, 2.75) is 32.9 Å². The summed E-state index contributed by atoms with van der Waals surface area (Å²) in [5.74, 6) is -1.16. The first kappa shape index (κ1) is 24.2. The Bertz CT molecular complexity index is 1340. The first-order chi connectivity index (χ1) is 16.8. The van der Waals surface area contributed by atoms with Crippen LogP contribution in [0.5, 0.6) is 0 Å². The Morgan fingerprint density at radius 1 is 1.17 bits per heavy atom. The molecular weight excluding hydrogens is 470 g/mol. The number of rotatable bonds is 8. The lowest BCUT2D eigenvalue weighted by atomic mass is 10.1. The molecule has 1 saturated heterocycles. The summed E-state index contributed by atoms with van der Waals surface area (Å²) in [5, 5.41) is 11.3. The van der Waals surface area contributed by atoms with Crippen molar-refractivity contribution < 1.29 is 24.0 Å². The zero-order valence-corrected chi connectivity index (χ0v) is 20.0. The minimum absolute atomic E-state index is 0.0237. The minimum atomic E-state index is -0.623. The summed E-state index contributed by atoms with van der Waals surface area (Å²) in [6, 6.07) is 14.0. The molecule has 0 radical (unpaired) electrons. The number of nitro benzene ring substituents is 1. The highest BCUT2D eigenvalue weighted by Gasteiger charge is 2.37. The van der Waals surface area contributed by atoms with Crippen molar-refractivity contribution in [2.75, 3.05) is 6.54 Å². The number of non-ortho nitro benzene ring substituents is 1. The van der Waals surface area contributed by atoms with E-state index in [1.165, 1.54) is 12.1 Å². The van der Waals surface area contributed by atoms with Crippen molar-refractivity contribution in [1.29, 1.82) is 0 Å². The van der Waals surface area contributed by atoms with Gasteiger partial charge in [0.2, 0.25) is 0 Å². The maximum atomic E-state index is 12.9. The number of amides is 2. The fourth-order valence-electron chi connectivity index (χ4n) is 3.69. The third-order valence-electron chi connectivity index (χ3n) is 5.67. The second-order valence-electron chi connectivity index (χ2n) is 8.13. The van der Waals surface area contributed by atoms with Crippen LogP contribution in [0.15, 0.2) is 59.6 Å². The molecule has 0 unspecified atom stereocenters. The maximum absolute atomic E-state index is 12.9. The van der Waals surface area contributed by atoms with Gasteiger partial charge in [-0.15, -0.1) is 0 Å². The number of thioether (sulfide) groups is 1. The molecule has 1 aliphatic rings. The van der Waals surface area contributed by atoms with Crippen molar-refractivity contribution in [3.63, 3.8) is 0 Å². The zero-order valence-electron chi connectivity index (χ0n) is 19.2. The Labute approximate surface area is 205 Å². The Morgan fingerprint density at radius 3 is 2.57 bits per heavy atom. The van der Waals surface area contributed by atoms with E-state index >= 15 is 0 Å². The monoisotopic (exact) mass is 493 g/mol. The van der Waals surface area contributed by atoms with E-state index < -0.39 is 28.6 Å². The maximum Gasteiger partial charge on any atom is 0.326 e. The first-order valence-electron chi connectivity index (χ1n) is 11.0. The second-order valence-corrected chi connectivity index (χ2v) is 9.12. The minimum Gasteiger partial charge on any atom is -0.461 e. The largest absolute Gasteiger partial charge is 0.461 e. The van der Waals surface area contributed by atoms with Gasteiger partial charge in [0, 0.05) is 41.3 Å². The van der Waals surface area contributed by atoms with Crippen LogP contribution in [0.25, 0.3) is 17.0 Å². The van der Waals surface area contributed by atoms with Crippen LogP contribution in [0.4, 0.5) is 10.5 Å². The highest BCUT2D eigenvalue weighted by atomic mass is 32.2. The number of nitro groups is 1. The summed E-state index contributed by atoms with van der Waals surface area (Å²) in [7, 11) is 0. The highest BCUT2D eigenvalue weighted by molar-refractivity contribution is 8.18. The van der Waals surface area contributed by atoms with Gasteiger partial charge in [-0.05, 0) is 42.8 Å². The fraction of sp³-hybridized carbons (Fsp3) is 0.240. The molecule has 1 aliphatic heterocycles. The van der Waals surface area contributed by atoms with Crippen LogP contribution in [0.1, 0.15) is 31.4 Å². The number of fused-ring (bicyclic) bond motifs is 1. The van der Waals surface area contributed by atoms with Gasteiger partial charge in [0.05, 0.1) is 15.9 Å². The van der Waals surface area contributed by atoms with E-state index in [1.54, 1.807) is 25.1 Å². The van der Waals surface area contributed by atoms with Crippen LogP contribution in [0, 0.1) is 10.1 Å². The topological polar surface area (TPSA) is 112 Å². The molecule has 4 rings (SSSR count). The number of carbonyl (C=O) groups is 3. The summed E-state index contributed by atoms with van der Waals surface area (Å²) in [6.45, 7) is 3.67. The van der Waals surface area contributed by atoms with Gasteiger partial charge in [-0.1, -0.05) is 37.3 Å². The van der Waals surface area contributed by atoms with Gasteiger partial charge in [-0.3, -0.25) is 29.4 Å². The number of imide groups is 1. The predicted molar refractivity (Wildman–Crippen MR) is 133 cm³/mol. The van der Waals surface area contributed by atoms with Crippen molar-refractivity contribution >= 4 is 51.5 Å². The summed E-state index contributed by atoms with van der Waals surface area (Å²) >= 11 is 0.787. The number of hydrogen-bond donors (Lipinski definition) is 0. The number of nitrogens with zero attached hydrogens (tertiary/aromatic N) is 3. The van der Waals surface area contributed by atoms with Crippen molar-refractivity contribution in [3.8, 4) is 0 Å². The predicted octanol–water partition coefficient (Wildman–Crippen LogP) is 4.98. The molecule has 0 bridgehead atoms. The average molecular weight is 494 g/mol. The van der Waals surface area contributed by atoms with Gasteiger partial charge in [-0.2, -0.15) is 0 Å². The Kier molecular flexibility index (Phi) is 7.02. The number of ether oxygens (including phenoxy) is 1. The van der Waals surface area contributed by atoms with Crippen molar-refractivity contribution in [3.05, 3.63) is 80.9 Å². The molecule has 35 heavy (non-hydrogen) atoms. The number of aromatic nitrogens is 1. The van der Waals surface area contributed by atoms with Gasteiger partial charge >= 0.3 is 5.97 Å². The summed E-state index contributed by atoms with van der Waals surface area (Å²) in [4.78, 5) is 49.0. The van der Waals surface area contributed by atoms with E-state index in [4.69, 9.17) is 4.74 Å². The van der Waals surface area contributed by atoms with Crippen molar-refractivity contribution in [2.24, 2.45) is 0 Å². The molecule has 0 spiro atoms. The van der Waals surface area contributed by atoms with Crippen LogP contribution in [-0.4, -0.2) is 44.2 Å². The molecule has 9 nitrogen and oxygen atoms in total. The van der Waals surface area contributed by atoms with Gasteiger partial charge < -0.3 is 9.30 Å². The Morgan fingerprint density at radius 2 is 1.89 bits per heavy atom. The number of benzene rings is 2. The fourth-order valence-corrected chi connectivity index (χ4v) is 4.52. The van der Waals surface area contributed by atoms with E-state index in [9.17, 15) is 24.5 Å². The zero-order chi connectivity index (χ0) is 25.1. The van der Waals surface area contributed by atoms with E-state index in [-0.39, 0.29) is 16.7 Å². The van der Waals surface area contributed by atoms with Gasteiger partial charge in [0.1, 0.15) is 6.54 Å². The molecule has 3 aromatic rings. The Balaban J connectivity index is 1.59. The van der Waals surface area contributed by atoms with Crippen LogP contribution in [0.3, 0.4) is 0 Å². The van der Waals surface area contributed by atoms with E-state index in [0.717, 1.165) is 38.7 Å². The summed E-state index contributed by atoms with van der Waals surface area (Å²) in [5.41, 5.74) is 2.56. The first-order valence-corrected chi connectivity index (χ1v) is 11.8. The third kappa shape index (κ3) is 5.27. The van der Waals surface area contributed by atoms with Crippen LogP contribution < -0.4 is 0 Å². The van der Waals surface area contributed by atoms with Crippen LogP contribution >= 0.6 is 11.8 Å². The third-order valence-corrected chi connectivity index (χ3v) is 6.58. The standard InChI is InChI=1S/C25H23N3O6S/c1-3-16(2)34-23(29)15-27-24(30)22(35-25(27)31)12-18-14-26(21-7-5-4-6-20(18)21)13-17-8-10-19(11-9-17)28(32)33/h4-12,14,16H,3,13,15H2,1-2H3/b22-12-/t16-/m0/s1. The van der Waals surface area contributed by atoms with Gasteiger partial charge in [0.15, 0.2) is 0 Å². The molecule has 180 valence electrons. The molecule has 2 aromatic carbocycles. The number of hydrogen-bond acceptors (Lipinski definition) is 7. The molecule has 0 saturated carbocycles. The van der Waals surface area contributed by atoms with Crippen LogP contribution in [0.2, 0.25) is 0 Å². The average Bonchev–Trinajstić information content (AvgIpc) is 3.31. The smallest absolute Gasteiger partial charge is 0.326 e. The molecule has 1 aromatic heterocycles. The lowest BCUT2D eigenvalue weighted by molar-refractivity contribution is -0.384. The lowest BCUT2D eigenvalue weighted by Gasteiger charge is -2.14. The quantitative estimate of drug-likeness (QED) is 0.188. The van der Waals surface area contributed by atoms with Crippen molar-refractivity contribution in [1.82, 2.24) is 9.47 Å². The molecule has 0 aliphatic carbocycles. The summed E-state index contributed by atoms with van der Waals surface area (Å²) in [6.07, 6.45) is 3.87. The van der Waals surface area contributed by atoms with Crippen LogP contribution in [-0.2, 0) is 20.9 Å². The van der Waals surface area contributed by atoms with Gasteiger partial charge in [0.25, 0.3) is 16.8 Å². The molecule has 0 N–H and O–H groups in total. The highest BCUT2D eigenvalue weighted by Crippen LogP contribution is 2.34. The summed E-state index contributed by atoms with van der Waals surface area (Å²) < 4.78 is 7.18. The van der Waals surface area contributed by atoms with Gasteiger partial charge in [-0.25, -0.2) is 0 Å². The van der Waals surface area contributed by atoms with E-state index in [2.05, 4.69) is 0 Å². The molecule has 2 heterocycles. The number of carbonyl (C=O) groups excluding carboxylic acids is 3. The lowest BCUT2D eigenvalue weighted by Crippen LogP contribution is -2.35. The normalized spacial score (nSPS) is 15.7. The second kappa shape index (κ2) is 10.1. The number of esters is 1.